The molecule has 0 amide bonds. The SMILES string of the molecule is Cc1cccc(N2CCN(S(=O)(=O)c3ccc(S(=O)(=O)N4CCCC[C@@H]4C)cc3)CC2)c1C. The Hall–Kier alpha value is -1.94. The van der Waals surface area contributed by atoms with Gasteiger partial charge in [0.05, 0.1) is 9.79 Å². The molecule has 0 saturated carbocycles. The highest BCUT2D eigenvalue weighted by atomic mass is 32.2. The largest absolute Gasteiger partial charge is 0.369 e. The lowest BCUT2D eigenvalue weighted by Gasteiger charge is -2.36. The van der Waals surface area contributed by atoms with Crippen molar-refractivity contribution >= 4 is 25.7 Å². The van der Waals surface area contributed by atoms with Gasteiger partial charge in [0.2, 0.25) is 20.0 Å². The fraction of sp³-hybridized carbons (Fsp3) is 0.500. The highest BCUT2D eigenvalue weighted by Crippen LogP contribution is 2.28. The van der Waals surface area contributed by atoms with Gasteiger partial charge in [-0.1, -0.05) is 18.6 Å². The van der Waals surface area contributed by atoms with E-state index in [0.29, 0.717) is 32.7 Å². The molecule has 1 atom stereocenters. The van der Waals surface area contributed by atoms with E-state index >= 15 is 0 Å². The Morgan fingerprint density at radius 3 is 1.97 bits per heavy atom. The number of hydrogen-bond acceptors (Lipinski definition) is 5. The maximum atomic E-state index is 13.2. The second-order valence-electron chi connectivity index (χ2n) is 9.04. The molecule has 0 bridgehead atoms. The van der Waals surface area contributed by atoms with Gasteiger partial charge in [-0.2, -0.15) is 8.61 Å². The van der Waals surface area contributed by atoms with Crippen molar-refractivity contribution in [2.75, 3.05) is 37.6 Å². The summed E-state index contributed by atoms with van der Waals surface area (Å²) in [6.07, 6.45) is 2.73. The van der Waals surface area contributed by atoms with Gasteiger partial charge in [-0.05, 0) is 75.1 Å². The summed E-state index contributed by atoms with van der Waals surface area (Å²) in [4.78, 5) is 2.51. The summed E-state index contributed by atoms with van der Waals surface area (Å²) in [6, 6.07) is 11.8. The van der Waals surface area contributed by atoms with Crippen molar-refractivity contribution in [1.29, 1.82) is 0 Å². The number of rotatable bonds is 5. The average molecular weight is 492 g/mol. The third-order valence-corrected chi connectivity index (χ3v) is 10.9. The first-order chi connectivity index (χ1) is 15.6. The maximum Gasteiger partial charge on any atom is 0.243 e. The average Bonchev–Trinajstić information content (AvgIpc) is 2.81. The summed E-state index contributed by atoms with van der Waals surface area (Å²) >= 11 is 0. The molecule has 2 aliphatic rings. The molecule has 0 spiro atoms. The van der Waals surface area contributed by atoms with Crippen LogP contribution in [0.5, 0.6) is 0 Å². The standard InChI is InChI=1S/C24H33N3O4S2/c1-19-7-6-9-24(21(19)3)25-15-17-26(18-16-25)32(28,29)22-10-12-23(13-11-22)33(30,31)27-14-5-4-8-20(27)2/h6-7,9-13,20H,4-5,8,14-18H2,1-3H3/t20-/m0/s1. The van der Waals surface area contributed by atoms with Gasteiger partial charge in [0.1, 0.15) is 0 Å². The highest BCUT2D eigenvalue weighted by molar-refractivity contribution is 7.89. The number of sulfonamides is 2. The molecule has 0 aliphatic carbocycles. The van der Waals surface area contributed by atoms with Gasteiger partial charge in [-0.3, -0.25) is 0 Å². The Bertz CT molecular complexity index is 1200. The lowest BCUT2D eigenvalue weighted by atomic mass is 10.1. The first-order valence-electron chi connectivity index (χ1n) is 11.6. The summed E-state index contributed by atoms with van der Waals surface area (Å²) in [5.41, 5.74) is 3.58. The number of anilines is 1. The number of aryl methyl sites for hydroxylation is 1. The Labute approximate surface area is 198 Å². The number of hydrogen-bond donors (Lipinski definition) is 0. The molecule has 0 unspecified atom stereocenters. The Balaban J connectivity index is 1.48. The van der Waals surface area contributed by atoms with E-state index in [2.05, 4.69) is 30.9 Å². The lowest BCUT2D eigenvalue weighted by molar-refractivity contribution is 0.268. The molecule has 2 fully saturated rings. The maximum absolute atomic E-state index is 13.2. The van der Waals surface area contributed by atoms with Crippen molar-refractivity contribution in [3.05, 3.63) is 53.6 Å². The molecule has 0 N–H and O–H groups in total. The summed E-state index contributed by atoms with van der Waals surface area (Å²) in [6.45, 7) is 8.61. The van der Waals surface area contributed by atoms with Gasteiger partial charge >= 0.3 is 0 Å². The Morgan fingerprint density at radius 1 is 0.758 bits per heavy atom. The molecule has 7 nitrogen and oxygen atoms in total. The molecule has 0 radical (unpaired) electrons. The van der Waals surface area contributed by atoms with Gasteiger partial charge < -0.3 is 4.90 Å². The third-order valence-electron chi connectivity index (χ3n) is 6.97. The topological polar surface area (TPSA) is 78.0 Å². The van der Waals surface area contributed by atoms with Crippen molar-refractivity contribution in [3.8, 4) is 0 Å². The van der Waals surface area contributed by atoms with E-state index in [1.165, 1.54) is 44.0 Å². The molecule has 2 saturated heterocycles. The van der Waals surface area contributed by atoms with Crippen LogP contribution in [-0.2, 0) is 20.0 Å². The van der Waals surface area contributed by atoms with Crippen LogP contribution in [0.1, 0.15) is 37.3 Å². The smallest absolute Gasteiger partial charge is 0.243 e. The van der Waals surface area contributed by atoms with Crippen LogP contribution >= 0.6 is 0 Å². The van der Waals surface area contributed by atoms with Crippen LogP contribution in [0.25, 0.3) is 0 Å². The molecule has 180 valence electrons. The zero-order valence-electron chi connectivity index (χ0n) is 19.6. The molecule has 9 heteroatoms. The minimum atomic E-state index is -3.69. The van der Waals surface area contributed by atoms with Gasteiger partial charge in [-0.25, -0.2) is 16.8 Å². The zero-order chi connectivity index (χ0) is 23.8. The molecule has 2 aromatic carbocycles. The van der Waals surface area contributed by atoms with Gasteiger partial charge in [0, 0.05) is 44.5 Å². The Kier molecular flexibility index (Phi) is 6.87. The van der Waals surface area contributed by atoms with Crippen LogP contribution in [0, 0.1) is 13.8 Å². The van der Waals surface area contributed by atoms with Crippen molar-refractivity contribution in [2.45, 2.75) is 55.9 Å². The van der Waals surface area contributed by atoms with Crippen LogP contribution in [0.15, 0.2) is 52.3 Å². The van der Waals surface area contributed by atoms with E-state index in [4.69, 9.17) is 0 Å². The van der Waals surface area contributed by atoms with Crippen molar-refractivity contribution in [1.82, 2.24) is 8.61 Å². The zero-order valence-corrected chi connectivity index (χ0v) is 21.2. The predicted octanol–water partition coefficient (Wildman–Crippen LogP) is 3.38. The normalized spacial score (nSPS) is 21.3. The molecule has 2 heterocycles. The first kappa shape index (κ1) is 24.2. The number of piperidine rings is 1. The highest BCUT2D eigenvalue weighted by Gasteiger charge is 2.32. The predicted molar refractivity (Wildman–Crippen MR) is 131 cm³/mol. The third kappa shape index (κ3) is 4.69. The van der Waals surface area contributed by atoms with Crippen LogP contribution in [0.4, 0.5) is 5.69 Å². The molecule has 2 aromatic rings. The Morgan fingerprint density at radius 2 is 1.36 bits per heavy atom. The minimum Gasteiger partial charge on any atom is -0.369 e. The number of piperazine rings is 1. The first-order valence-corrected chi connectivity index (χ1v) is 14.4. The summed E-state index contributed by atoms with van der Waals surface area (Å²) in [5.74, 6) is 0. The monoisotopic (exact) mass is 491 g/mol. The molecular weight excluding hydrogens is 458 g/mol. The molecule has 0 aromatic heterocycles. The number of benzene rings is 2. The van der Waals surface area contributed by atoms with Crippen molar-refractivity contribution in [2.24, 2.45) is 0 Å². The summed E-state index contributed by atoms with van der Waals surface area (Å²) in [7, 11) is -7.31. The van der Waals surface area contributed by atoms with Crippen LogP contribution in [0.3, 0.4) is 0 Å². The molecule has 33 heavy (non-hydrogen) atoms. The molecular formula is C24H33N3O4S2. The van der Waals surface area contributed by atoms with Crippen molar-refractivity contribution in [3.63, 3.8) is 0 Å². The van der Waals surface area contributed by atoms with E-state index in [9.17, 15) is 16.8 Å². The number of nitrogens with zero attached hydrogens (tertiary/aromatic N) is 3. The van der Waals surface area contributed by atoms with E-state index < -0.39 is 20.0 Å². The molecule has 4 rings (SSSR count). The quantitative estimate of drug-likeness (QED) is 0.641. The minimum absolute atomic E-state index is 0.0412. The van der Waals surface area contributed by atoms with Gasteiger partial charge in [-0.15, -0.1) is 0 Å². The second-order valence-corrected chi connectivity index (χ2v) is 12.9. The molecule has 2 aliphatic heterocycles. The van der Waals surface area contributed by atoms with E-state index in [-0.39, 0.29) is 15.8 Å². The van der Waals surface area contributed by atoms with Crippen LogP contribution in [0.2, 0.25) is 0 Å². The van der Waals surface area contributed by atoms with Crippen molar-refractivity contribution < 1.29 is 16.8 Å². The summed E-state index contributed by atoms with van der Waals surface area (Å²) < 4.78 is 55.5. The lowest BCUT2D eigenvalue weighted by Crippen LogP contribution is -2.48. The fourth-order valence-electron chi connectivity index (χ4n) is 4.74. The van der Waals surface area contributed by atoms with Crippen LogP contribution < -0.4 is 4.90 Å². The van der Waals surface area contributed by atoms with E-state index in [0.717, 1.165) is 24.9 Å². The van der Waals surface area contributed by atoms with E-state index in [1.807, 2.05) is 13.0 Å². The van der Waals surface area contributed by atoms with Crippen LogP contribution in [-0.4, -0.2) is 64.2 Å². The van der Waals surface area contributed by atoms with Gasteiger partial charge in [0.25, 0.3) is 0 Å². The van der Waals surface area contributed by atoms with E-state index in [1.54, 1.807) is 0 Å². The second kappa shape index (κ2) is 9.37. The fourth-order valence-corrected chi connectivity index (χ4v) is 7.87. The summed E-state index contributed by atoms with van der Waals surface area (Å²) in [5, 5.41) is 0. The van der Waals surface area contributed by atoms with Gasteiger partial charge in [0.15, 0.2) is 0 Å².